The molecule has 1 N–H and O–H groups in total. The summed E-state index contributed by atoms with van der Waals surface area (Å²) >= 11 is 0. The highest BCUT2D eigenvalue weighted by atomic mass is 35.5. The highest BCUT2D eigenvalue weighted by Crippen LogP contribution is 2.07. The van der Waals surface area contributed by atoms with Crippen molar-refractivity contribution in [2.75, 3.05) is 13.2 Å². The Labute approximate surface area is 137 Å². The van der Waals surface area contributed by atoms with Gasteiger partial charge in [-0.2, -0.15) is 0 Å². The van der Waals surface area contributed by atoms with E-state index in [4.69, 9.17) is 4.74 Å². The van der Waals surface area contributed by atoms with Crippen molar-refractivity contribution >= 4 is 17.3 Å². The highest BCUT2D eigenvalue weighted by molar-refractivity contribution is 5.86. The van der Waals surface area contributed by atoms with Gasteiger partial charge in [0.25, 0.3) is 0 Å². The standard InChI is InChI=1S/C18H19NO2.ClH/c1-15(2)18(20)21-14-13-19(16-9-5-3-6-10-16)17-11-7-4-8-12-17;/h3-12H,1,13-14H2,2H3;1H. The van der Waals surface area contributed by atoms with Gasteiger partial charge in [0.15, 0.2) is 0 Å². The zero-order valence-corrected chi connectivity index (χ0v) is 13.3. The second kappa shape index (κ2) is 9.03. The summed E-state index contributed by atoms with van der Waals surface area (Å²) in [5, 5.41) is 0. The van der Waals surface area contributed by atoms with E-state index in [-0.39, 0.29) is 18.4 Å². The quantitative estimate of drug-likeness (QED) is 0.584. The van der Waals surface area contributed by atoms with Crippen LogP contribution in [-0.4, -0.2) is 19.1 Å². The first-order chi connectivity index (χ1) is 10.2. The first-order valence-corrected chi connectivity index (χ1v) is 6.98. The minimum absolute atomic E-state index is 0. The molecule has 0 aliphatic heterocycles. The molecule has 4 heteroatoms. The van der Waals surface area contributed by atoms with Gasteiger partial charge < -0.3 is 17.1 Å². The number of para-hydroxylation sites is 2. The third kappa shape index (κ3) is 5.02. The van der Waals surface area contributed by atoms with Crippen LogP contribution in [0.3, 0.4) is 0 Å². The Balaban J connectivity index is 0.00000242. The minimum atomic E-state index is -0.338. The van der Waals surface area contributed by atoms with E-state index < -0.39 is 0 Å². The van der Waals surface area contributed by atoms with Crippen LogP contribution in [0.4, 0.5) is 11.4 Å². The number of quaternary nitrogens is 1. The molecular weight excluding hydrogens is 298 g/mol. The van der Waals surface area contributed by atoms with E-state index in [1.807, 2.05) is 36.4 Å². The Morgan fingerprint density at radius 1 is 1.00 bits per heavy atom. The summed E-state index contributed by atoms with van der Waals surface area (Å²) in [5.41, 5.74) is 2.72. The normalized spacial score (nSPS) is 9.91. The maximum absolute atomic E-state index is 11.5. The summed E-state index contributed by atoms with van der Waals surface area (Å²) in [7, 11) is 0. The van der Waals surface area contributed by atoms with Crippen LogP contribution >= 0.6 is 0 Å². The molecule has 0 bridgehead atoms. The van der Waals surface area contributed by atoms with Crippen LogP contribution in [0.15, 0.2) is 72.8 Å². The molecule has 0 unspecified atom stereocenters. The zero-order chi connectivity index (χ0) is 15.1. The number of nitrogens with one attached hydrogen (secondary N) is 1. The van der Waals surface area contributed by atoms with E-state index in [0.29, 0.717) is 18.7 Å². The van der Waals surface area contributed by atoms with Crippen molar-refractivity contribution in [3.63, 3.8) is 0 Å². The summed E-state index contributed by atoms with van der Waals surface area (Å²) in [5.74, 6) is -0.338. The monoisotopic (exact) mass is 317 g/mol. The number of rotatable bonds is 6. The lowest BCUT2D eigenvalue weighted by molar-refractivity contribution is -0.760. The van der Waals surface area contributed by atoms with E-state index in [2.05, 4.69) is 30.8 Å². The fourth-order valence-corrected chi connectivity index (χ4v) is 2.10. The van der Waals surface area contributed by atoms with Gasteiger partial charge >= 0.3 is 5.97 Å². The molecule has 0 saturated heterocycles. The Kier molecular flexibility index (Phi) is 7.37. The van der Waals surface area contributed by atoms with Crippen LogP contribution in [0.1, 0.15) is 6.92 Å². The molecule has 0 aliphatic carbocycles. The molecule has 0 aliphatic rings. The predicted octanol–water partition coefficient (Wildman–Crippen LogP) is -0.342. The lowest BCUT2D eigenvalue weighted by Gasteiger charge is -2.18. The van der Waals surface area contributed by atoms with Crippen molar-refractivity contribution in [3.8, 4) is 0 Å². The molecular formula is C18H20ClNO2. The number of halogens is 1. The van der Waals surface area contributed by atoms with Gasteiger partial charge in [0.05, 0.1) is 0 Å². The molecule has 2 rings (SSSR count). The van der Waals surface area contributed by atoms with Crippen LogP contribution in [0.2, 0.25) is 0 Å². The number of benzene rings is 2. The maximum Gasteiger partial charge on any atom is 0.333 e. The van der Waals surface area contributed by atoms with E-state index in [9.17, 15) is 4.79 Å². The van der Waals surface area contributed by atoms with E-state index in [1.165, 1.54) is 4.90 Å². The van der Waals surface area contributed by atoms with E-state index >= 15 is 0 Å². The molecule has 2 aromatic rings. The first-order valence-electron chi connectivity index (χ1n) is 6.98. The van der Waals surface area contributed by atoms with Gasteiger partial charge in [-0.1, -0.05) is 43.0 Å². The number of ether oxygens (including phenoxy) is 1. The van der Waals surface area contributed by atoms with Gasteiger partial charge in [0, 0.05) is 5.57 Å². The molecule has 22 heavy (non-hydrogen) atoms. The molecule has 0 heterocycles. The maximum atomic E-state index is 11.5. The molecule has 0 radical (unpaired) electrons. The van der Waals surface area contributed by atoms with Gasteiger partial charge in [-0.3, -0.25) is 4.90 Å². The highest BCUT2D eigenvalue weighted by Gasteiger charge is 2.15. The summed E-state index contributed by atoms with van der Waals surface area (Å²) < 4.78 is 5.22. The van der Waals surface area contributed by atoms with Gasteiger partial charge in [0.2, 0.25) is 0 Å². The molecule has 0 aromatic heterocycles. The van der Waals surface area contributed by atoms with Crippen molar-refractivity contribution in [2.24, 2.45) is 0 Å². The molecule has 2 aromatic carbocycles. The predicted molar refractivity (Wildman–Crippen MR) is 83.8 cm³/mol. The number of hydrogen-bond acceptors (Lipinski definition) is 2. The van der Waals surface area contributed by atoms with Crippen molar-refractivity contribution in [2.45, 2.75) is 6.92 Å². The van der Waals surface area contributed by atoms with Crippen LogP contribution in [-0.2, 0) is 9.53 Å². The third-order valence-electron chi connectivity index (χ3n) is 3.18. The largest absolute Gasteiger partial charge is 1.00 e. The summed E-state index contributed by atoms with van der Waals surface area (Å²) in [6.07, 6.45) is 0. The fraction of sp³-hybridized carbons (Fsp3) is 0.167. The lowest BCUT2D eigenvalue weighted by Crippen LogP contribution is -3.02. The summed E-state index contributed by atoms with van der Waals surface area (Å²) in [4.78, 5) is 12.6. The number of carbonyl (C=O) groups is 1. The van der Waals surface area contributed by atoms with Crippen molar-refractivity contribution < 1.29 is 26.8 Å². The van der Waals surface area contributed by atoms with Gasteiger partial charge in [-0.15, -0.1) is 0 Å². The molecule has 0 spiro atoms. The SMILES string of the molecule is C=C(C)C(=O)OCC[NH+](c1ccccc1)c1ccccc1.[Cl-]. The Bertz CT molecular complexity index is 559. The summed E-state index contributed by atoms with van der Waals surface area (Å²) in [6, 6.07) is 20.3. The Morgan fingerprint density at radius 3 is 1.86 bits per heavy atom. The van der Waals surface area contributed by atoms with Gasteiger partial charge in [-0.25, -0.2) is 4.79 Å². The molecule has 3 nitrogen and oxygen atoms in total. The minimum Gasteiger partial charge on any atom is -1.00 e. The van der Waals surface area contributed by atoms with Crippen LogP contribution in [0, 0.1) is 0 Å². The second-order valence-electron chi connectivity index (χ2n) is 4.88. The lowest BCUT2D eigenvalue weighted by atomic mass is 10.2. The van der Waals surface area contributed by atoms with Crippen molar-refractivity contribution in [3.05, 3.63) is 72.8 Å². The molecule has 0 saturated carbocycles. The number of hydrogen-bond donors (Lipinski definition) is 1. The molecule has 0 atom stereocenters. The number of carbonyl (C=O) groups excluding carboxylic acids is 1. The molecule has 116 valence electrons. The average Bonchev–Trinajstić information content (AvgIpc) is 2.53. The van der Waals surface area contributed by atoms with Crippen molar-refractivity contribution in [1.29, 1.82) is 0 Å². The second-order valence-corrected chi connectivity index (χ2v) is 4.88. The van der Waals surface area contributed by atoms with Gasteiger partial charge in [0.1, 0.15) is 24.5 Å². The van der Waals surface area contributed by atoms with Crippen LogP contribution in [0.5, 0.6) is 0 Å². The van der Waals surface area contributed by atoms with Crippen LogP contribution in [0.25, 0.3) is 0 Å². The summed E-state index contributed by atoms with van der Waals surface area (Å²) in [6.45, 7) is 6.27. The van der Waals surface area contributed by atoms with Crippen LogP contribution < -0.4 is 17.3 Å². The van der Waals surface area contributed by atoms with Gasteiger partial charge in [-0.05, 0) is 31.2 Å². The first kappa shape index (κ1) is 18.0. The Hall–Kier alpha value is -2.10. The zero-order valence-electron chi connectivity index (χ0n) is 12.6. The van der Waals surface area contributed by atoms with Crippen molar-refractivity contribution in [1.82, 2.24) is 0 Å². The Morgan fingerprint density at radius 2 is 1.45 bits per heavy atom. The average molecular weight is 318 g/mol. The smallest absolute Gasteiger partial charge is 0.333 e. The third-order valence-corrected chi connectivity index (χ3v) is 3.18. The fourth-order valence-electron chi connectivity index (χ4n) is 2.10. The van der Waals surface area contributed by atoms with E-state index in [1.54, 1.807) is 6.92 Å². The molecule has 0 fully saturated rings. The van der Waals surface area contributed by atoms with E-state index in [0.717, 1.165) is 11.4 Å². The molecule has 0 amide bonds. The number of esters is 1. The topological polar surface area (TPSA) is 30.7 Å².